The zero-order valence-corrected chi connectivity index (χ0v) is 33.7. The van der Waals surface area contributed by atoms with Crippen molar-refractivity contribution >= 4 is 43.6 Å². The van der Waals surface area contributed by atoms with E-state index in [-0.39, 0.29) is 0 Å². The molecule has 0 saturated carbocycles. The quantitative estimate of drug-likeness (QED) is 0.161. The molecule has 12 rings (SSSR count). The first-order valence-electron chi connectivity index (χ1n) is 21.1. The molecular weight excluding hydrogens is 753 g/mol. The first kappa shape index (κ1) is 35.6. The smallest absolute Gasteiger partial charge is 0.160 e. The van der Waals surface area contributed by atoms with E-state index in [0.29, 0.717) is 5.82 Å². The van der Waals surface area contributed by atoms with Gasteiger partial charge in [-0.2, -0.15) is 0 Å². The summed E-state index contributed by atoms with van der Waals surface area (Å²) >= 11 is 0. The lowest BCUT2D eigenvalue weighted by Crippen LogP contribution is -2.00. The molecule has 4 nitrogen and oxygen atoms in total. The van der Waals surface area contributed by atoms with Crippen LogP contribution >= 0.6 is 0 Å². The Labute approximate surface area is 359 Å². The highest BCUT2D eigenvalue weighted by molar-refractivity contribution is 6.11. The molecule has 0 N–H and O–H groups in total. The fourth-order valence-corrected chi connectivity index (χ4v) is 9.25. The van der Waals surface area contributed by atoms with Crippen molar-refractivity contribution in [1.29, 1.82) is 0 Å². The second kappa shape index (κ2) is 14.7. The Kier molecular flexibility index (Phi) is 8.46. The van der Waals surface area contributed by atoms with Crippen molar-refractivity contribution in [3.63, 3.8) is 0 Å². The van der Waals surface area contributed by atoms with Crippen LogP contribution in [-0.4, -0.2) is 19.1 Å². The molecule has 0 unspecified atom stereocenters. The van der Waals surface area contributed by atoms with Crippen molar-refractivity contribution in [2.24, 2.45) is 0 Å². The first-order chi connectivity index (χ1) is 30.7. The van der Waals surface area contributed by atoms with Gasteiger partial charge in [0, 0.05) is 49.5 Å². The normalized spacial score (nSPS) is 11.5. The van der Waals surface area contributed by atoms with Gasteiger partial charge in [-0.1, -0.05) is 170 Å². The molecule has 0 spiro atoms. The van der Waals surface area contributed by atoms with Gasteiger partial charge in [0.05, 0.1) is 39.1 Å². The monoisotopic (exact) mass is 790 g/mol. The molecule has 62 heavy (non-hydrogen) atoms. The van der Waals surface area contributed by atoms with E-state index in [4.69, 9.17) is 9.97 Å². The molecule has 0 amide bonds. The summed E-state index contributed by atoms with van der Waals surface area (Å²) < 4.78 is 4.84. The van der Waals surface area contributed by atoms with E-state index in [9.17, 15) is 0 Å². The molecule has 0 atom stereocenters. The number of nitrogens with zero attached hydrogens (tertiary/aromatic N) is 4. The van der Waals surface area contributed by atoms with Crippen molar-refractivity contribution in [2.75, 3.05) is 0 Å². The minimum absolute atomic E-state index is 0.692. The molecular formula is C58H38N4. The zero-order valence-electron chi connectivity index (χ0n) is 33.7. The van der Waals surface area contributed by atoms with Crippen LogP contribution in [0, 0.1) is 0 Å². The Morgan fingerprint density at radius 3 is 1.44 bits per heavy atom. The van der Waals surface area contributed by atoms with Crippen molar-refractivity contribution in [3.05, 3.63) is 231 Å². The lowest BCUT2D eigenvalue weighted by atomic mass is 9.97. The summed E-state index contributed by atoms with van der Waals surface area (Å²) in [6, 6.07) is 82.3. The number of benzene rings is 9. The molecule has 0 saturated heterocycles. The predicted octanol–water partition coefficient (Wildman–Crippen LogP) is 15.0. The third-order valence-electron chi connectivity index (χ3n) is 12.1. The zero-order chi connectivity index (χ0) is 41.0. The SMILES string of the molecule is c1ccc(-c2ccc3c(c2)c2ccccc2n3-c2ccc(-c3cc(-c4ccccc4)nc(-c4ccccc4)n3)cc2-c2cccc(-n3c4ccccc4c4ccccc43)c2)cc1. The van der Waals surface area contributed by atoms with Crippen LogP contribution in [0.25, 0.3) is 111 Å². The van der Waals surface area contributed by atoms with Crippen LogP contribution in [0.2, 0.25) is 0 Å². The summed E-state index contributed by atoms with van der Waals surface area (Å²) in [4.78, 5) is 10.4. The number of fused-ring (bicyclic) bond motifs is 6. The number of rotatable bonds is 7. The Morgan fingerprint density at radius 2 is 0.774 bits per heavy atom. The van der Waals surface area contributed by atoms with Crippen molar-refractivity contribution in [3.8, 4) is 67.5 Å². The molecule has 0 fully saturated rings. The maximum absolute atomic E-state index is 5.27. The third-order valence-corrected chi connectivity index (χ3v) is 12.1. The molecule has 3 heterocycles. The van der Waals surface area contributed by atoms with Crippen LogP contribution in [-0.2, 0) is 0 Å². The standard InChI is InChI=1S/C58H38N4/c1-4-17-39(18-5-1)42-31-33-57-50(36-42)48-27-12-15-30-55(48)62(57)56-34-32-44(52-38-51(40-19-6-2-7-20-40)59-58(60-52)41-21-8-3-9-22-41)37-49(56)43-23-16-24-45(35-43)61-53-28-13-10-25-46(53)47-26-11-14-29-54(47)61/h1-38H. The Hall–Kier alpha value is -8.34. The number of hydrogen-bond acceptors (Lipinski definition) is 2. The number of aromatic nitrogens is 4. The van der Waals surface area contributed by atoms with Gasteiger partial charge < -0.3 is 9.13 Å². The topological polar surface area (TPSA) is 35.6 Å². The van der Waals surface area contributed by atoms with Gasteiger partial charge in [-0.15, -0.1) is 0 Å². The lowest BCUT2D eigenvalue weighted by molar-refractivity contribution is 1.16. The average molecular weight is 791 g/mol. The van der Waals surface area contributed by atoms with E-state index in [1.807, 2.05) is 24.3 Å². The van der Waals surface area contributed by atoms with Crippen LogP contribution in [0.15, 0.2) is 231 Å². The minimum atomic E-state index is 0.692. The maximum Gasteiger partial charge on any atom is 0.160 e. The van der Waals surface area contributed by atoms with Crippen LogP contribution < -0.4 is 0 Å². The molecule has 0 aliphatic rings. The summed E-state index contributed by atoms with van der Waals surface area (Å²) in [5.74, 6) is 0.692. The fraction of sp³-hybridized carbons (Fsp3) is 0. The third kappa shape index (κ3) is 6.00. The Balaban J connectivity index is 1.12. The second-order valence-electron chi connectivity index (χ2n) is 15.8. The van der Waals surface area contributed by atoms with Crippen LogP contribution in [0.3, 0.4) is 0 Å². The highest BCUT2D eigenvalue weighted by atomic mass is 15.0. The average Bonchev–Trinajstić information content (AvgIpc) is 3.87. The largest absolute Gasteiger partial charge is 0.309 e. The molecule has 290 valence electrons. The maximum atomic E-state index is 5.27. The van der Waals surface area contributed by atoms with Gasteiger partial charge in [0.25, 0.3) is 0 Å². The van der Waals surface area contributed by atoms with Gasteiger partial charge in [-0.3, -0.25) is 0 Å². The van der Waals surface area contributed by atoms with Gasteiger partial charge in [-0.25, -0.2) is 9.97 Å². The van der Waals surface area contributed by atoms with Crippen LogP contribution in [0.4, 0.5) is 0 Å². The molecule has 0 bridgehead atoms. The first-order valence-corrected chi connectivity index (χ1v) is 21.1. The van der Waals surface area contributed by atoms with Gasteiger partial charge in [0.2, 0.25) is 0 Å². The van der Waals surface area contributed by atoms with Crippen LogP contribution in [0.1, 0.15) is 0 Å². The number of para-hydroxylation sites is 3. The Bertz CT molecular complexity index is 3510. The van der Waals surface area contributed by atoms with Gasteiger partial charge in [0.1, 0.15) is 0 Å². The van der Waals surface area contributed by atoms with Gasteiger partial charge >= 0.3 is 0 Å². The summed E-state index contributed by atoms with van der Waals surface area (Å²) in [7, 11) is 0. The Morgan fingerprint density at radius 1 is 0.274 bits per heavy atom. The highest BCUT2D eigenvalue weighted by Crippen LogP contribution is 2.41. The van der Waals surface area contributed by atoms with E-state index in [2.05, 4.69) is 215 Å². The number of hydrogen-bond donors (Lipinski definition) is 0. The highest BCUT2D eigenvalue weighted by Gasteiger charge is 2.20. The van der Waals surface area contributed by atoms with E-state index in [0.717, 1.165) is 61.6 Å². The molecule has 9 aromatic carbocycles. The van der Waals surface area contributed by atoms with E-state index >= 15 is 0 Å². The van der Waals surface area contributed by atoms with Crippen molar-refractivity contribution in [1.82, 2.24) is 19.1 Å². The summed E-state index contributed by atoms with van der Waals surface area (Å²) in [5, 5.41) is 4.91. The van der Waals surface area contributed by atoms with Crippen molar-refractivity contribution in [2.45, 2.75) is 0 Å². The molecule has 0 aliphatic heterocycles. The second-order valence-corrected chi connectivity index (χ2v) is 15.8. The molecule has 3 aromatic heterocycles. The van der Waals surface area contributed by atoms with Gasteiger partial charge in [-0.05, 0) is 77.4 Å². The van der Waals surface area contributed by atoms with Crippen LogP contribution in [0.5, 0.6) is 0 Å². The summed E-state index contributed by atoms with van der Waals surface area (Å²) in [6.45, 7) is 0. The minimum Gasteiger partial charge on any atom is -0.309 e. The van der Waals surface area contributed by atoms with Gasteiger partial charge in [0.15, 0.2) is 5.82 Å². The van der Waals surface area contributed by atoms with E-state index < -0.39 is 0 Å². The molecule has 0 radical (unpaired) electrons. The molecule has 12 aromatic rings. The summed E-state index contributed by atoms with van der Waals surface area (Å²) in [6.07, 6.45) is 0. The predicted molar refractivity (Wildman–Crippen MR) is 258 cm³/mol. The lowest BCUT2D eigenvalue weighted by Gasteiger charge is -2.18. The molecule has 0 aliphatic carbocycles. The molecule has 4 heteroatoms. The fourth-order valence-electron chi connectivity index (χ4n) is 9.25. The van der Waals surface area contributed by atoms with E-state index in [1.165, 1.54) is 43.7 Å². The summed E-state index contributed by atoms with van der Waals surface area (Å²) in [5.41, 5.74) is 16.2. The van der Waals surface area contributed by atoms with Crippen molar-refractivity contribution < 1.29 is 0 Å². The van der Waals surface area contributed by atoms with E-state index in [1.54, 1.807) is 0 Å².